The summed E-state index contributed by atoms with van der Waals surface area (Å²) < 4.78 is 14.8. The van der Waals surface area contributed by atoms with E-state index in [1.165, 1.54) is 34.5 Å². The van der Waals surface area contributed by atoms with Crippen molar-refractivity contribution in [2.45, 2.75) is 16.5 Å². The molecule has 1 amide bonds. The number of benzene rings is 2. The lowest BCUT2D eigenvalue weighted by molar-refractivity contribution is -0.113. The zero-order valence-corrected chi connectivity index (χ0v) is 17.4. The monoisotopic (exact) mass is 447 g/mol. The number of hydrogen-bond acceptors (Lipinski definition) is 5. The topological polar surface area (TPSA) is 64.0 Å². The van der Waals surface area contributed by atoms with Crippen LogP contribution in [0.3, 0.4) is 0 Å². The maximum Gasteiger partial charge on any atom is 0.272 e. The fourth-order valence-corrected chi connectivity index (χ4v) is 4.88. The molecule has 1 aliphatic rings. The average molecular weight is 448 g/mol. The molecule has 4 rings (SSSR count). The molecule has 0 spiro atoms. The van der Waals surface area contributed by atoms with Crippen LogP contribution in [0.25, 0.3) is 5.69 Å². The SMILES string of the molecule is O=C(CSc1nc2c(c(=O)n1-c1ccc(Cl)cc1)SCC2)Nc1cccc(F)c1. The zero-order valence-electron chi connectivity index (χ0n) is 15.0. The first-order valence-corrected chi connectivity index (χ1v) is 11.1. The summed E-state index contributed by atoms with van der Waals surface area (Å²) in [4.78, 5) is 30.7. The second-order valence-electron chi connectivity index (χ2n) is 6.23. The standard InChI is InChI=1S/C20H15ClFN3O2S2/c21-12-4-6-15(7-5-12)25-19(27)18-16(8-9-28-18)24-20(25)29-11-17(26)23-14-3-1-2-13(22)10-14/h1-7,10H,8-9,11H2,(H,23,26). The summed E-state index contributed by atoms with van der Waals surface area (Å²) in [5.74, 6) is 0.103. The number of aromatic nitrogens is 2. The summed E-state index contributed by atoms with van der Waals surface area (Å²) >= 11 is 8.63. The molecule has 2 heterocycles. The summed E-state index contributed by atoms with van der Waals surface area (Å²) in [6.07, 6.45) is 0.722. The van der Waals surface area contributed by atoms with Crippen molar-refractivity contribution in [3.05, 3.63) is 75.4 Å². The van der Waals surface area contributed by atoms with E-state index in [-0.39, 0.29) is 17.2 Å². The zero-order chi connectivity index (χ0) is 20.4. The number of fused-ring (bicyclic) bond motifs is 1. The van der Waals surface area contributed by atoms with E-state index in [2.05, 4.69) is 10.3 Å². The number of halogens is 2. The highest BCUT2D eigenvalue weighted by Crippen LogP contribution is 2.30. The molecule has 1 aromatic heterocycles. The van der Waals surface area contributed by atoms with E-state index in [4.69, 9.17) is 11.6 Å². The molecular weight excluding hydrogens is 433 g/mol. The quantitative estimate of drug-likeness (QED) is 0.464. The Morgan fingerprint density at radius 2 is 2.07 bits per heavy atom. The van der Waals surface area contributed by atoms with Crippen LogP contribution in [0.4, 0.5) is 10.1 Å². The third-order valence-corrected chi connectivity index (χ3v) is 6.49. The van der Waals surface area contributed by atoms with E-state index >= 15 is 0 Å². The Morgan fingerprint density at radius 3 is 2.83 bits per heavy atom. The van der Waals surface area contributed by atoms with Gasteiger partial charge in [-0.1, -0.05) is 29.4 Å². The number of nitrogens with zero attached hydrogens (tertiary/aromatic N) is 2. The van der Waals surface area contributed by atoms with Crippen LogP contribution in [0.5, 0.6) is 0 Å². The molecule has 0 fully saturated rings. The number of thioether (sulfide) groups is 2. The van der Waals surface area contributed by atoms with Crippen LogP contribution in [0.15, 0.2) is 63.4 Å². The number of amides is 1. The molecule has 0 bridgehead atoms. The van der Waals surface area contributed by atoms with Gasteiger partial charge in [-0.05, 0) is 42.5 Å². The van der Waals surface area contributed by atoms with Gasteiger partial charge in [-0.2, -0.15) is 0 Å². The van der Waals surface area contributed by atoms with E-state index in [1.807, 2.05) is 0 Å². The Balaban J connectivity index is 1.61. The van der Waals surface area contributed by atoms with Gasteiger partial charge < -0.3 is 5.32 Å². The summed E-state index contributed by atoms with van der Waals surface area (Å²) in [5.41, 5.74) is 1.63. The van der Waals surface area contributed by atoms with Gasteiger partial charge in [-0.3, -0.25) is 14.2 Å². The van der Waals surface area contributed by atoms with Gasteiger partial charge in [-0.25, -0.2) is 9.37 Å². The molecule has 0 saturated carbocycles. The lowest BCUT2D eigenvalue weighted by atomic mass is 10.3. The van der Waals surface area contributed by atoms with Crippen molar-refractivity contribution in [1.82, 2.24) is 9.55 Å². The number of nitrogens with one attached hydrogen (secondary N) is 1. The number of aryl methyl sites for hydroxylation is 1. The second kappa shape index (κ2) is 8.61. The van der Waals surface area contributed by atoms with E-state index in [0.717, 1.165) is 29.6 Å². The number of anilines is 1. The fraction of sp³-hybridized carbons (Fsp3) is 0.150. The van der Waals surface area contributed by atoms with Crippen LogP contribution < -0.4 is 10.9 Å². The minimum Gasteiger partial charge on any atom is -0.325 e. The van der Waals surface area contributed by atoms with Crippen molar-refractivity contribution in [3.63, 3.8) is 0 Å². The number of carbonyl (C=O) groups excluding carboxylic acids is 1. The van der Waals surface area contributed by atoms with E-state index in [0.29, 0.717) is 26.4 Å². The molecule has 1 aliphatic heterocycles. The van der Waals surface area contributed by atoms with Crippen molar-refractivity contribution < 1.29 is 9.18 Å². The smallest absolute Gasteiger partial charge is 0.272 e. The third-order valence-electron chi connectivity index (χ3n) is 4.19. The van der Waals surface area contributed by atoms with Gasteiger partial charge in [0.2, 0.25) is 5.91 Å². The van der Waals surface area contributed by atoms with Crippen LogP contribution in [0.2, 0.25) is 5.02 Å². The van der Waals surface area contributed by atoms with E-state index < -0.39 is 5.82 Å². The van der Waals surface area contributed by atoms with Gasteiger partial charge in [0.25, 0.3) is 5.56 Å². The molecule has 0 unspecified atom stereocenters. The molecule has 0 aliphatic carbocycles. The van der Waals surface area contributed by atoms with Crippen LogP contribution in [0.1, 0.15) is 5.69 Å². The molecule has 148 valence electrons. The molecule has 0 saturated heterocycles. The van der Waals surface area contributed by atoms with Crippen LogP contribution >= 0.6 is 35.1 Å². The van der Waals surface area contributed by atoms with Crippen molar-refractivity contribution >= 4 is 46.7 Å². The number of carbonyl (C=O) groups is 1. The first-order chi connectivity index (χ1) is 14.0. The summed E-state index contributed by atoms with van der Waals surface area (Å²) in [6, 6.07) is 12.6. The van der Waals surface area contributed by atoms with Gasteiger partial charge in [-0.15, -0.1) is 11.8 Å². The van der Waals surface area contributed by atoms with Gasteiger partial charge in [0.1, 0.15) is 5.82 Å². The minimum atomic E-state index is -0.426. The largest absolute Gasteiger partial charge is 0.325 e. The summed E-state index contributed by atoms with van der Waals surface area (Å²) in [6.45, 7) is 0. The second-order valence-corrected chi connectivity index (χ2v) is 8.72. The minimum absolute atomic E-state index is 0.0302. The van der Waals surface area contributed by atoms with E-state index in [9.17, 15) is 14.0 Å². The Hall–Kier alpha value is -2.29. The Bertz CT molecular complexity index is 1140. The highest BCUT2D eigenvalue weighted by atomic mass is 35.5. The summed E-state index contributed by atoms with van der Waals surface area (Å²) in [7, 11) is 0. The lowest BCUT2D eigenvalue weighted by Gasteiger charge is -2.14. The molecule has 9 heteroatoms. The fourth-order valence-electron chi connectivity index (χ4n) is 2.90. The first-order valence-electron chi connectivity index (χ1n) is 8.74. The van der Waals surface area contributed by atoms with Crippen molar-refractivity contribution in [1.29, 1.82) is 0 Å². The highest BCUT2D eigenvalue weighted by Gasteiger charge is 2.23. The normalized spacial score (nSPS) is 12.6. The van der Waals surface area contributed by atoms with Crippen molar-refractivity contribution in [2.75, 3.05) is 16.8 Å². The van der Waals surface area contributed by atoms with Gasteiger partial charge in [0, 0.05) is 22.9 Å². The molecule has 5 nitrogen and oxygen atoms in total. The molecule has 0 radical (unpaired) electrons. The maximum atomic E-state index is 13.3. The van der Waals surface area contributed by atoms with Crippen molar-refractivity contribution in [3.8, 4) is 5.69 Å². The Labute approximate surface area is 179 Å². The Morgan fingerprint density at radius 1 is 1.28 bits per heavy atom. The van der Waals surface area contributed by atoms with Gasteiger partial charge >= 0.3 is 0 Å². The van der Waals surface area contributed by atoms with Gasteiger partial charge in [0.05, 0.1) is 22.0 Å². The molecule has 2 aromatic carbocycles. The highest BCUT2D eigenvalue weighted by molar-refractivity contribution is 8.00. The van der Waals surface area contributed by atoms with Crippen LogP contribution in [-0.4, -0.2) is 27.0 Å². The molecule has 29 heavy (non-hydrogen) atoms. The summed E-state index contributed by atoms with van der Waals surface area (Å²) in [5, 5.41) is 3.65. The predicted octanol–water partition coefficient (Wildman–Crippen LogP) is 4.40. The number of hydrogen-bond donors (Lipinski definition) is 1. The van der Waals surface area contributed by atoms with Gasteiger partial charge in [0.15, 0.2) is 5.16 Å². The lowest BCUT2D eigenvalue weighted by Crippen LogP contribution is -2.24. The van der Waals surface area contributed by atoms with Crippen LogP contribution in [-0.2, 0) is 11.2 Å². The number of rotatable bonds is 5. The molecule has 3 aromatic rings. The molecule has 1 N–H and O–H groups in total. The molecular formula is C20H15ClFN3O2S2. The first kappa shape index (κ1) is 20.0. The third kappa shape index (κ3) is 4.49. The Kier molecular flexibility index (Phi) is 5.94. The molecule has 0 atom stereocenters. The maximum absolute atomic E-state index is 13.3. The van der Waals surface area contributed by atoms with Crippen molar-refractivity contribution in [2.24, 2.45) is 0 Å². The van der Waals surface area contributed by atoms with E-state index in [1.54, 1.807) is 30.3 Å². The van der Waals surface area contributed by atoms with Crippen LogP contribution in [0, 0.1) is 5.82 Å². The average Bonchev–Trinajstić information content (AvgIpc) is 3.16. The predicted molar refractivity (Wildman–Crippen MR) is 115 cm³/mol.